The average molecular weight is 393 g/mol. The van der Waals surface area contributed by atoms with Gasteiger partial charge in [-0.25, -0.2) is 13.1 Å². The average Bonchev–Trinajstić information content (AvgIpc) is 3.26. The van der Waals surface area contributed by atoms with Gasteiger partial charge in [0.05, 0.1) is 4.90 Å². The van der Waals surface area contributed by atoms with Gasteiger partial charge in [-0.2, -0.15) is 0 Å². The lowest BCUT2D eigenvalue weighted by molar-refractivity contribution is 0.583. The fourth-order valence-corrected chi connectivity index (χ4v) is 3.91. The molecule has 2 N–H and O–H groups in total. The number of hydrogen-bond acceptors (Lipinski definition) is 5. The summed E-state index contributed by atoms with van der Waals surface area (Å²) in [4.78, 5) is 0.252. The van der Waals surface area contributed by atoms with Crippen LogP contribution in [0.5, 0.6) is 0 Å². The molecular formula is C20H19N5O2S. The summed E-state index contributed by atoms with van der Waals surface area (Å²) in [6.45, 7) is 0.626. The van der Waals surface area contributed by atoms with Crippen molar-refractivity contribution in [2.24, 2.45) is 0 Å². The van der Waals surface area contributed by atoms with Crippen molar-refractivity contribution in [2.45, 2.75) is 4.90 Å². The molecule has 0 amide bonds. The second-order valence-corrected chi connectivity index (χ2v) is 7.97. The Morgan fingerprint density at radius 1 is 0.821 bits per heavy atom. The quantitative estimate of drug-likeness (QED) is 0.471. The van der Waals surface area contributed by atoms with Crippen LogP contribution in [0, 0.1) is 0 Å². The fraction of sp³-hybridized carbons (Fsp3) is 0.100. The molecule has 8 heteroatoms. The Labute approximate surface area is 163 Å². The number of rotatable bonds is 7. The second kappa shape index (κ2) is 7.79. The van der Waals surface area contributed by atoms with E-state index in [9.17, 15) is 8.42 Å². The number of nitrogens with one attached hydrogen (secondary N) is 2. The first-order chi connectivity index (χ1) is 13.6. The number of fused-ring (bicyclic) bond motifs is 1. The summed E-state index contributed by atoms with van der Waals surface area (Å²) in [7, 11) is -3.57. The van der Waals surface area contributed by atoms with Crippen LogP contribution in [0.1, 0.15) is 0 Å². The normalized spacial score (nSPS) is 11.6. The smallest absolute Gasteiger partial charge is 0.240 e. The molecule has 0 bridgehead atoms. The van der Waals surface area contributed by atoms with Gasteiger partial charge in [-0.15, -0.1) is 10.2 Å². The van der Waals surface area contributed by atoms with Crippen LogP contribution in [0.4, 0.5) is 5.82 Å². The van der Waals surface area contributed by atoms with Gasteiger partial charge in [-0.3, -0.25) is 0 Å². The van der Waals surface area contributed by atoms with Crippen molar-refractivity contribution < 1.29 is 8.42 Å². The summed E-state index contributed by atoms with van der Waals surface area (Å²) in [5, 5.41) is 13.2. The summed E-state index contributed by atoms with van der Waals surface area (Å²) >= 11 is 0. The molecule has 0 saturated heterocycles. The van der Waals surface area contributed by atoms with Gasteiger partial charge in [0.25, 0.3) is 0 Å². The van der Waals surface area contributed by atoms with Gasteiger partial charge in [0.1, 0.15) is 5.82 Å². The molecule has 2 aromatic heterocycles. The molecule has 0 fully saturated rings. The third-order valence-electron chi connectivity index (χ3n) is 4.27. The first-order valence-electron chi connectivity index (χ1n) is 8.81. The van der Waals surface area contributed by atoms with E-state index < -0.39 is 10.0 Å². The number of aromatic nitrogens is 3. The van der Waals surface area contributed by atoms with Crippen molar-refractivity contribution in [3.63, 3.8) is 0 Å². The zero-order valence-electron chi connectivity index (χ0n) is 15.0. The van der Waals surface area contributed by atoms with E-state index in [0.29, 0.717) is 18.2 Å². The minimum absolute atomic E-state index is 0.232. The van der Waals surface area contributed by atoms with Gasteiger partial charge in [0, 0.05) is 25.5 Å². The number of sulfonamides is 1. The van der Waals surface area contributed by atoms with E-state index in [1.807, 2.05) is 65.5 Å². The van der Waals surface area contributed by atoms with E-state index in [0.717, 1.165) is 10.8 Å². The molecule has 4 rings (SSSR count). The highest BCUT2D eigenvalue weighted by atomic mass is 32.2. The maximum atomic E-state index is 12.5. The Hall–Kier alpha value is -3.23. The molecule has 4 aromatic rings. The molecule has 0 spiro atoms. The molecule has 0 aliphatic heterocycles. The van der Waals surface area contributed by atoms with Gasteiger partial charge in [-0.1, -0.05) is 30.3 Å². The summed E-state index contributed by atoms with van der Waals surface area (Å²) in [5.41, 5.74) is 0. The van der Waals surface area contributed by atoms with Gasteiger partial charge >= 0.3 is 0 Å². The molecule has 0 aliphatic rings. The number of hydrogen-bond donors (Lipinski definition) is 2. The third-order valence-corrected chi connectivity index (χ3v) is 5.73. The molecule has 7 nitrogen and oxygen atoms in total. The first kappa shape index (κ1) is 18.1. The highest BCUT2D eigenvalue weighted by molar-refractivity contribution is 7.89. The zero-order chi connectivity index (χ0) is 19.4. The Bertz CT molecular complexity index is 1170. The number of benzene rings is 2. The van der Waals surface area contributed by atoms with Gasteiger partial charge < -0.3 is 9.88 Å². The molecule has 142 valence electrons. The molecule has 0 radical (unpaired) electrons. The Balaban J connectivity index is 1.33. The Morgan fingerprint density at radius 2 is 1.61 bits per heavy atom. The van der Waals surface area contributed by atoms with Crippen LogP contribution in [0.25, 0.3) is 16.6 Å². The van der Waals surface area contributed by atoms with Crippen LogP contribution in [0.3, 0.4) is 0 Å². The van der Waals surface area contributed by atoms with E-state index in [-0.39, 0.29) is 11.4 Å². The summed E-state index contributed by atoms with van der Waals surface area (Å²) in [6, 6.07) is 20.2. The Morgan fingerprint density at radius 3 is 2.36 bits per heavy atom. The molecule has 2 heterocycles. The lowest BCUT2D eigenvalue weighted by Crippen LogP contribution is -2.29. The topological polar surface area (TPSA) is 88.9 Å². The van der Waals surface area contributed by atoms with Gasteiger partial charge in [0.15, 0.2) is 5.82 Å². The monoisotopic (exact) mass is 393 g/mol. The van der Waals surface area contributed by atoms with Crippen molar-refractivity contribution in [1.82, 2.24) is 19.5 Å². The maximum Gasteiger partial charge on any atom is 0.240 e. The maximum absolute atomic E-state index is 12.5. The zero-order valence-corrected chi connectivity index (χ0v) is 15.8. The van der Waals surface area contributed by atoms with E-state index in [1.54, 1.807) is 18.2 Å². The van der Waals surface area contributed by atoms with Crippen molar-refractivity contribution in [3.8, 4) is 5.82 Å². The van der Waals surface area contributed by atoms with Gasteiger partial charge in [0.2, 0.25) is 10.0 Å². The highest BCUT2D eigenvalue weighted by Gasteiger charge is 2.13. The lowest BCUT2D eigenvalue weighted by atomic mass is 10.1. The molecule has 0 unspecified atom stereocenters. The predicted octanol–water partition coefficient (Wildman–Crippen LogP) is 2.81. The molecule has 28 heavy (non-hydrogen) atoms. The van der Waals surface area contributed by atoms with E-state index in [1.165, 1.54) is 0 Å². The number of anilines is 1. The summed E-state index contributed by atoms with van der Waals surface area (Å²) < 4.78 is 29.4. The molecule has 0 aliphatic carbocycles. The van der Waals surface area contributed by atoms with Crippen molar-refractivity contribution in [3.05, 3.63) is 79.1 Å². The highest BCUT2D eigenvalue weighted by Crippen LogP contribution is 2.18. The van der Waals surface area contributed by atoms with Gasteiger partial charge in [-0.05, 0) is 47.2 Å². The summed E-state index contributed by atoms with van der Waals surface area (Å²) in [6.07, 6.45) is 3.78. The van der Waals surface area contributed by atoms with Crippen LogP contribution in [0.2, 0.25) is 0 Å². The Kier molecular flexibility index (Phi) is 5.05. The van der Waals surface area contributed by atoms with Crippen molar-refractivity contribution in [1.29, 1.82) is 0 Å². The molecule has 0 atom stereocenters. The van der Waals surface area contributed by atoms with Crippen molar-refractivity contribution >= 4 is 26.6 Å². The minimum atomic E-state index is -3.57. The van der Waals surface area contributed by atoms with E-state index in [2.05, 4.69) is 20.2 Å². The minimum Gasteiger partial charge on any atom is -0.367 e. The SMILES string of the molecule is O=S(=O)(NCCNc1ccc(-n2cccc2)nn1)c1ccc2ccccc2c1. The van der Waals surface area contributed by atoms with E-state index in [4.69, 9.17) is 0 Å². The van der Waals surface area contributed by atoms with E-state index >= 15 is 0 Å². The van der Waals surface area contributed by atoms with Crippen LogP contribution in [0.15, 0.2) is 84.0 Å². The van der Waals surface area contributed by atoms with Crippen LogP contribution in [-0.4, -0.2) is 36.3 Å². The van der Waals surface area contributed by atoms with Crippen LogP contribution < -0.4 is 10.0 Å². The number of nitrogens with zero attached hydrogens (tertiary/aromatic N) is 3. The summed E-state index contributed by atoms with van der Waals surface area (Å²) in [5.74, 6) is 1.30. The largest absolute Gasteiger partial charge is 0.367 e. The standard InChI is InChI=1S/C20H19N5O2S/c26-28(27,18-8-7-16-5-1-2-6-17(16)15-18)22-12-11-21-19-9-10-20(24-23-19)25-13-3-4-14-25/h1-10,13-15,22H,11-12H2,(H,21,23). The second-order valence-electron chi connectivity index (χ2n) is 6.20. The van der Waals surface area contributed by atoms with Crippen molar-refractivity contribution in [2.75, 3.05) is 18.4 Å². The van der Waals surface area contributed by atoms with Crippen LogP contribution >= 0.6 is 0 Å². The fourth-order valence-electron chi connectivity index (χ4n) is 2.84. The van der Waals surface area contributed by atoms with Crippen LogP contribution in [-0.2, 0) is 10.0 Å². The third kappa shape index (κ3) is 4.03. The lowest BCUT2D eigenvalue weighted by Gasteiger charge is -2.09. The molecule has 0 saturated carbocycles. The predicted molar refractivity (Wildman–Crippen MR) is 109 cm³/mol. The first-order valence-corrected chi connectivity index (χ1v) is 10.3. The molecule has 2 aromatic carbocycles. The molecular weight excluding hydrogens is 374 g/mol.